The lowest BCUT2D eigenvalue weighted by Crippen LogP contribution is -2.30. The highest BCUT2D eigenvalue weighted by Gasteiger charge is 2.24. The van der Waals surface area contributed by atoms with Crippen LogP contribution < -0.4 is 20.1 Å². The first-order valence-electron chi connectivity index (χ1n) is 10.5. The Morgan fingerprint density at radius 3 is 2.35 bits per heavy atom. The van der Waals surface area contributed by atoms with E-state index in [1.54, 1.807) is 18.2 Å². The van der Waals surface area contributed by atoms with Crippen LogP contribution in [0.2, 0.25) is 0 Å². The molecular weight excluding hydrogens is 392 g/mol. The van der Waals surface area contributed by atoms with Crippen LogP contribution in [0.15, 0.2) is 60.7 Å². The van der Waals surface area contributed by atoms with Gasteiger partial charge in [-0.1, -0.05) is 36.4 Å². The van der Waals surface area contributed by atoms with E-state index in [1.165, 1.54) is 0 Å². The average molecular weight is 418 g/mol. The Kier molecular flexibility index (Phi) is 6.07. The summed E-state index contributed by atoms with van der Waals surface area (Å²) in [6.45, 7) is 3.73. The minimum Gasteiger partial charge on any atom is -0.489 e. The van der Waals surface area contributed by atoms with Gasteiger partial charge in [-0.2, -0.15) is 0 Å². The van der Waals surface area contributed by atoms with Gasteiger partial charge in [-0.05, 0) is 61.7 Å². The van der Waals surface area contributed by atoms with E-state index < -0.39 is 0 Å². The molecule has 3 aromatic rings. The van der Waals surface area contributed by atoms with Gasteiger partial charge in [0.15, 0.2) is 6.61 Å². The standard InChI is InChI=1S/C25H26N2O4/c1-16(2)31-22-10-6-5-9-21(22)27-25(29)20-13-17-7-3-4-8-18(17)14-23(20)30-15-24(28)26-19-11-12-19/h3-10,13-14,16,19H,11-12,15H2,1-2H3,(H,26,28)(H,27,29). The number of hydrogen-bond acceptors (Lipinski definition) is 4. The Morgan fingerprint density at radius 1 is 0.968 bits per heavy atom. The van der Waals surface area contributed by atoms with E-state index in [4.69, 9.17) is 9.47 Å². The molecule has 0 bridgehead atoms. The zero-order valence-electron chi connectivity index (χ0n) is 17.7. The van der Waals surface area contributed by atoms with E-state index in [0.717, 1.165) is 23.6 Å². The Labute approximate surface area is 181 Å². The number of fused-ring (bicyclic) bond motifs is 1. The fraction of sp³-hybridized carbons (Fsp3) is 0.280. The zero-order chi connectivity index (χ0) is 21.8. The second-order valence-electron chi connectivity index (χ2n) is 7.94. The quantitative estimate of drug-likeness (QED) is 0.563. The number of hydrogen-bond donors (Lipinski definition) is 2. The van der Waals surface area contributed by atoms with Crippen LogP contribution in [-0.2, 0) is 4.79 Å². The van der Waals surface area contributed by atoms with Crippen LogP contribution in [0.4, 0.5) is 5.69 Å². The van der Waals surface area contributed by atoms with Crippen molar-refractivity contribution < 1.29 is 19.1 Å². The van der Waals surface area contributed by atoms with Gasteiger partial charge in [0, 0.05) is 6.04 Å². The lowest BCUT2D eigenvalue weighted by molar-refractivity contribution is -0.123. The van der Waals surface area contributed by atoms with E-state index >= 15 is 0 Å². The van der Waals surface area contributed by atoms with Crippen LogP contribution in [0.25, 0.3) is 10.8 Å². The highest BCUT2D eigenvalue weighted by molar-refractivity contribution is 6.09. The monoisotopic (exact) mass is 418 g/mol. The molecule has 1 fully saturated rings. The molecule has 0 spiro atoms. The highest BCUT2D eigenvalue weighted by Crippen LogP contribution is 2.30. The molecule has 0 atom stereocenters. The number of nitrogens with one attached hydrogen (secondary N) is 2. The lowest BCUT2D eigenvalue weighted by Gasteiger charge is -2.16. The summed E-state index contributed by atoms with van der Waals surface area (Å²) in [5.41, 5.74) is 0.934. The number of benzene rings is 3. The maximum Gasteiger partial charge on any atom is 0.259 e. The van der Waals surface area contributed by atoms with Crippen LogP contribution in [0.1, 0.15) is 37.0 Å². The molecule has 1 aliphatic rings. The van der Waals surface area contributed by atoms with Crippen molar-refractivity contribution in [2.75, 3.05) is 11.9 Å². The van der Waals surface area contributed by atoms with E-state index in [-0.39, 0.29) is 30.6 Å². The van der Waals surface area contributed by atoms with Gasteiger partial charge in [-0.15, -0.1) is 0 Å². The van der Waals surface area contributed by atoms with E-state index in [0.29, 0.717) is 22.7 Å². The summed E-state index contributed by atoms with van der Waals surface area (Å²) in [7, 11) is 0. The smallest absolute Gasteiger partial charge is 0.259 e. The molecule has 6 heteroatoms. The highest BCUT2D eigenvalue weighted by atomic mass is 16.5. The van der Waals surface area contributed by atoms with Crippen molar-refractivity contribution in [3.8, 4) is 11.5 Å². The summed E-state index contributed by atoms with van der Waals surface area (Å²) in [4.78, 5) is 25.3. The molecule has 2 amide bonds. The molecule has 0 aliphatic heterocycles. The van der Waals surface area contributed by atoms with Crippen molar-refractivity contribution in [3.63, 3.8) is 0 Å². The number of anilines is 1. The van der Waals surface area contributed by atoms with Crippen molar-refractivity contribution >= 4 is 28.3 Å². The van der Waals surface area contributed by atoms with Gasteiger partial charge in [-0.3, -0.25) is 9.59 Å². The molecule has 6 nitrogen and oxygen atoms in total. The Morgan fingerprint density at radius 2 is 1.65 bits per heavy atom. The van der Waals surface area contributed by atoms with E-state index in [2.05, 4.69) is 10.6 Å². The molecule has 4 rings (SSSR count). The predicted molar refractivity (Wildman–Crippen MR) is 121 cm³/mol. The summed E-state index contributed by atoms with van der Waals surface area (Å²) < 4.78 is 11.6. The predicted octanol–water partition coefficient (Wildman–Crippen LogP) is 4.54. The van der Waals surface area contributed by atoms with Crippen molar-refractivity contribution in [2.45, 2.75) is 38.8 Å². The van der Waals surface area contributed by atoms with E-state index in [9.17, 15) is 9.59 Å². The third-order valence-electron chi connectivity index (χ3n) is 4.89. The van der Waals surface area contributed by atoms with E-state index in [1.807, 2.05) is 56.3 Å². The van der Waals surface area contributed by atoms with Gasteiger partial charge in [-0.25, -0.2) is 0 Å². The zero-order valence-corrected chi connectivity index (χ0v) is 17.7. The number of amides is 2. The fourth-order valence-electron chi connectivity index (χ4n) is 3.27. The average Bonchev–Trinajstić information content (AvgIpc) is 3.56. The topological polar surface area (TPSA) is 76.7 Å². The van der Waals surface area contributed by atoms with Crippen molar-refractivity contribution in [1.29, 1.82) is 0 Å². The third kappa shape index (κ3) is 5.34. The normalized spacial score (nSPS) is 13.1. The van der Waals surface area contributed by atoms with Gasteiger partial charge in [0.1, 0.15) is 11.5 Å². The van der Waals surface area contributed by atoms with Crippen LogP contribution in [0.3, 0.4) is 0 Å². The Bertz CT molecular complexity index is 1110. The number of carbonyl (C=O) groups excluding carboxylic acids is 2. The van der Waals surface area contributed by atoms with Gasteiger partial charge >= 0.3 is 0 Å². The maximum absolute atomic E-state index is 13.2. The SMILES string of the molecule is CC(C)Oc1ccccc1NC(=O)c1cc2ccccc2cc1OCC(=O)NC1CC1. The maximum atomic E-state index is 13.2. The van der Waals surface area contributed by atoms with Crippen LogP contribution in [-0.4, -0.2) is 30.6 Å². The second kappa shape index (κ2) is 9.08. The first-order valence-corrected chi connectivity index (χ1v) is 10.5. The van der Waals surface area contributed by atoms with Crippen LogP contribution >= 0.6 is 0 Å². The fourth-order valence-corrected chi connectivity index (χ4v) is 3.27. The Balaban J connectivity index is 1.60. The van der Waals surface area contributed by atoms with Gasteiger partial charge in [0.25, 0.3) is 11.8 Å². The molecule has 0 aromatic heterocycles. The van der Waals surface area contributed by atoms with Crippen LogP contribution in [0, 0.1) is 0 Å². The van der Waals surface area contributed by atoms with Gasteiger partial charge in [0.2, 0.25) is 0 Å². The van der Waals surface area contributed by atoms with Gasteiger partial charge in [0.05, 0.1) is 17.4 Å². The molecule has 0 heterocycles. The van der Waals surface area contributed by atoms with Crippen molar-refractivity contribution in [3.05, 3.63) is 66.2 Å². The molecule has 0 saturated heterocycles. The minimum absolute atomic E-state index is 0.0254. The molecule has 31 heavy (non-hydrogen) atoms. The van der Waals surface area contributed by atoms with Crippen molar-refractivity contribution in [1.82, 2.24) is 5.32 Å². The molecule has 1 aliphatic carbocycles. The third-order valence-corrected chi connectivity index (χ3v) is 4.89. The molecule has 1 saturated carbocycles. The molecule has 2 N–H and O–H groups in total. The largest absolute Gasteiger partial charge is 0.489 e. The first kappa shape index (κ1) is 20.7. The van der Waals surface area contributed by atoms with Crippen molar-refractivity contribution in [2.24, 2.45) is 0 Å². The molecule has 160 valence electrons. The molecule has 0 unspecified atom stereocenters. The summed E-state index contributed by atoms with van der Waals surface area (Å²) in [5, 5.41) is 7.66. The molecule has 0 radical (unpaired) electrons. The summed E-state index contributed by atoms with van der Waals surface area (Å²) >= 11 is 0. The number of ether oxygens (including phenoxy) is 2. The number of para-hydroxylation sites is 2. The summed E-state index contributed by atoms with van der Waals surface area (Å²) in [6.07, 6.45) is 1.99. The minimum atomic E-state index is -0.330. The first-order chi connectivity index (χ1) is 15.0. The summed E-state index contributed by atoms with van der Waals surface area (Å²) in [6, 6.07) is 18.9. The Hall–Kier alpha value is -3.54. The lowest BCUT2D eigenvalue weighted by atomic mass is 10.1. The molecular formula is C25H26N2O4. The molecule has 3 aromatic carbocycles. The second-order valence-corrected chi connectivity index (χ2v) is 7.94. The summed E-state index contributed by atoms with van der Waals surface area (Å²) in [5.74, 6) is 0.447. The van der Waals surface area contributed by atoms with Crippen LogP contribution in [0.5, 0.6) is 11.5 Å². The number of carbonyl (C=O) groups is 2. The number of rotatable bonds is 8. The van der Waals surface area contributed by atoms with Gasteiger partial charge < -0.3 is 20.1 Å².